The molecule has 2 N–H and O–H groups in total. The predicted molar refractivity (Wildman–Crippen MR) is 81.7 cm³/mol. The molecule has 104 valence electrons. The fraction of sp³-hybridized carbons (Fsp3) is 0.133. The van der Waals surface area contributed by atoms with Crippen LogP contribution in [0.15, 0.2) is 36.4 Å². The van der Waals surface area contributed by atoms with E-state index in [0.29, 0.717) is 11.5 Å². The van der Waals surface area contributed by atoms with Crippen LogP contribution in [0.5, 0.6) is 0 Å². The predicted octanol–water partition coefficient (Wildman–Crippen LogP) is 3.76. The van der Waals surface area contributed by atoms with Crippen molar-refractivity contribution in [1.82, 2.24) is 9.38 Å². The van der Waals surface area contributed by atoms with Gasteiger partial charge in [0, 0.05) is 11.3 Å². The average molecular weight is 292 g/mol. The van der Waals surface area contributed by atoms with E-state index in [2.05, 4.69) is 11.1 Å². The number of aromatic nitrogens is 2. The van der Waals surface area contributed by atoms with Crippen molar-refractivity contribution < 1.29 is 4.39 Å². The molecule has 0 aliphatic heterocycles. The minimum absolute atomic E-state index is 0. The minimum Gasteiger partial charge on any atom is -0.383 e. The van der Waals surface area contributed by atoms with Crippen LogP contribution in [0.25, 0.3) is 16.9 Å². The first-order valence-electron chi connectivity index (χ1n) is 6.07. The normalized spacial score (nSPS) is 10.6. The van der Waals surface area contributed by atoms with Crippen LogP contribution in [0, 0.1) is 19.7 Å². The number of nitrogen functional groups attached to an aromatic ring is 1. The third-order valence-electron chi connectivity index (χ3n) is 3.20. The Hall–Kier alpha value is -2.07. The zero-order valence-electron chi connectivity index (χ0n) is 11.2. The molecule has 3 rings (SSSR count). The molecule has 0 spiro atoms. The summed E-state index contributed by atoms with van der Waals surface area (Å²) < 4.78 is 14.9. The molecule has 2 heterocycles. The molecule has 0 radical (unpaired) electrons. The lowest BCUT2D eigenvalue weighted by atomic mass is 10.1. The van der Waals surface area contributed by atoms with Crippen molar-refractivity contribution in [2.75, 3.05) is 5.73 Å². The molecule has 20 heavy (non-hydrogen) atoms. The summed E-state index contributed by atoms with van der Waals surface area (Å²) in [5.74, 6) is 0.317. The number of nitrogens with zero attached hydrogens (tertiary/aromatic N) is 2. The van der Waals surface area contributed by atoms with Gasteiger partial charge in [-0.05, 0) is 55.8 Å². The highest BCUT2D eigenvalue weighted by Gasteiger charge is 2.13. The van der Waals surface area contributed by atoms with E-state index in [0.717, 1.165) is 22.5 Å². The smallest absolute Gasteiger partial charge is 0.139 e. The summed E-state index contributed by atoms with van der Waals surface area (Å²) in [6.07, 6.45) is 0. The zero-order valence-corrected chi connectivity index (χ0v) is 12.0. The van der Waals surface area contributed by atoms with Gasteiger partial charge >= 0.3 is 0 Å². The van der Waals surface area contributed by atoms with E-state index in [1.807, 2.05) is 24.3 Å². The van der Waals surface area contributed by atoms with E-state index in [-0.39, 0.29) is 18.2 Å². The molecule has 3 nitrogen and oxygen atoms in total. The number of nitrogens with two attached hydrogens (primary N) is 1. The number of rotatable bonds is 1. The number of imidazole rings is 1. The summed E-state index contributed by atoms with van der Waals surface area (Å²) in [5.41, 5.74) is 10.7. The molecule has 0 fully saturated rings. The molecule has 0 aliphatic carbocycles. The average Bonchev–Trinajstić information content (AvgIpc) is 2.67. The van der Waals surface area contributed by atoms with Gasteiger partial charge in [0.05, 0.1) is 0 Å². The van der Waals surface area contributed by atoms with Crippen LogP contribution in [0.3, 0.4) is 0 Å². The van der Waals surface area contributed by atoms with Crippen LogP contribution in [-0.4, -0.2) is 9.38 Å². The number of halogens is 2. The minimum atomic E-state index is -0.266. The highest BCUT2D eigenvalue weighted by Crippen LogP contribution is 2.28. The van der Waals surface area contributed by atoms with Gasteiger partial charge in [0.15, 0.2) is 0 Å². The van der Waals surface area contributed by atoms with E-state index in [1.54, 1.807) is 12.1 Å². The summed E-state index contributed by atoms with van der Waals surface area (Å²) in [6.45, 7) is 4.02. The molecule has 1 aromatic carbocycles. The van der Waals surface area contributed by atoms with Gasteiger partial charge in [0.25, 0.3) is 0 Å². The maximum absolute atomic E-state index is 13.0. The lowest BCUT2D eigenvalue weighted by Gasteiger charge is -2.03. The van der Waals surface area contributed by atoms with Crippen molar-refractivity contribution in [3.05, 3.63) is 53.5 Å². The Balaban J connectivity index is 0.00000147. The SMILES string of the molecule is Cc1cc(C)n2c(N)c(-c3ccc(F)cc3)nc2c1.Cl. The van der Waals surface area contributed by atoms with Crippen LogP contribution >= 0.6 is 12.4 Å². The molecule has 0 amide bonds. The van der Waals surface area contributed by atoms with Gasteiger partial charge in [-0.15, -0.1) is 12.4 Å². The van der Waals surface area contributed by atoms with Crippen molar-refractivity contribution in [3.8, 4) is 11.3 Å². The van der Waals surface area contributed by atoms with E-state index in [9.17, 15) is 4.39 Å². The number of aryl methyl sites for hydroxylation is 2. The maximum Gasteiger partial charge on any atom is 0.139 e. The van der Waals surface area contributed by atoms with Crippen molar-refractivity contribution in [1.29, 1.82) is 0 Å². The summed E-state index contributed by atoms with van der Waals surface area (Å²) in [4.78, 5) is 4.55. The number of hydrogen-bond acceptors (Lipinski definition) is 2. The Kier molecular flexibility index (Phi) is 3.68. The first-order valence-corrected chi connectivity index (χ1v) is 6.07. The summed E-state index contributed by atoms with van der Waals surface area (Å²) in [6, 6.07) is 10.2. The van der Waals surface area contributed by atoms with Gasteiger partial charge in [0.2, 0.25) is 0 Å². The third-order valence-corrected chi connectivity index (χ3v) is 3.20. The van der Waals surface area contributed by atoms with E-state index in [1.165, 1.54) is 12.1 Å². The highest BCUT2D eigenvalue weighted by atomic mass is 35.5. The van der Waals surface area contributed by atoms with Gasteiger partial charge in [-0.3, -0.25) is 4.40 Å². The van der Waals surface area contributed by atoms with Crippen molar-refractivity contribution in [3.63, 3.8) is 0 Å². The van der Waals surface area contributed by atoms with Gasteiger partial charge in [0.1, 0.15) is 23.0 Å². The van der Waals surface area contributed by atoms with Gasteiger partial charge in [-0.25, -0.2) is 9.37 Å². The maximum atomic E-state index is 13.0. The molecule has 3 aromatic rings. The van der Waals surface area contributed by atoms with Crippen LogP contribution in [0.2, 0.25) is 0 Å². The highest BCUT2D eigenvalue weighted by molar-refractivity contribution is 5.85. The monoisotopic (exact) mass is 291 g/mol. The summed E-state index contributed by atoms with van der Waals surface area (Å²) in [5, 5.41) is 0. The van der Waals surface area contributed by atoms with Crippen LogP contribution in [0.4, 0.5) is 10.2 Å². The van der Waals surface area contributed by atoms with Crippen molar-refractivity contribution >= 4 is 23.9 Å². The Morgan fingerprint density at radius 3 is 2.40 bits per heavy atom. The number of fused-ring (bicyclic) bond motifs is 1. The Bertz CT molecular complexity index is 763. The second-order valence-corrected chi connectivity index (χ2v) is 4.72. The molecule has 2 aromatic heterocycles. The fourth-order valence-corrected chi connectivity index (χ4v) is 2.38. The second-order valence-electron chi connectivity index (χ2n) is 4.72. The molecular weight excluding hydrogens is 277 g/mol. The van der Waals surface area contributed by atoms with Crippen LogP contribution < -0.4 is 5.73 Å². The number of pyridine rings is 1. The molecule has 0 atom stereocenters. The molecule has 0 aliphatic rings. The molecule has 0 unspecified atom stereocenters. The Morgan fingerprint density at radius 1 is 1.10 bits per heavy atom. The van der Waals surface area contributed by atoms with Crippen molar-refractivity contribution in [2.45, 2.75) is 13.8 Å². The van der Waals surface area contributed by atoms with E-state index < -0.39 is 0 Å². The molecule has 0 bridgehead atoms. The van der Waals surface area contributed by atoms with Crippen molar-refractivity contribution in [2.24, 2.45) is 0 Å². The largest absolute Gasteiger partial charge is 0.383 e. The first-order chi connectivity index (χ1) is 9.06. The number of anilines is 1. The molecule has 0 saturated heterocycles. The number of hydrogen-bond donors (Lipinski definition) is 1. The first kappa shape index (κ1) is 14.3. The zero-order chi connectivity index (χ0) is 13.6. The van der Waals surface area contributed by atoms with Gasteiger partial charge in [-0.2, -0.15) is 0 Å². The van der Waals surface area contributed by atoms with Gasteiger partial charge < -0.3 is 5.73 Å². The third kappa shape index (κ3) is 2.23. The van der Waals surface area contributed by atoms with Crippen LogP contribution in [0.1, 0.15) is 11.3 Å². The lowest BCUT2D eigenvalue weighted by Crippen LogP contribution is -1.98. The Morgan fingerprint density at radius 2 is 1.75 bits per heavy atom. The van der Waals surface area contributed by atoms with E-state index in [4.69, 9.17) is 5.73 Å². The summed E-state index contributed by atoms with van der Waals surface area (Å²) in [7, 11) is 0. The number of benzene rings is 1. The second kappa shape index (κ2) is 5.13. The standard InChI is InChI=1S/C15H14FN3.ClH/c1-9-7-10(2)19-13(8-9)18-14(15(19)17)11-3-5-12(16)6-4-11;/h3-8H,17H2,1-2H3;1H. The summed E-state index contributed by atoms with van der Waals surface area (Å²) >= 11 is 0. The quantitative estimate of drug-likeness (QED) is 0.742. The molecule has 0 saturated carbocycles. The molecule has 5 heteroatoms. The lowest BCUT2D eigenvalue weighted by molar-refractivity contribution is 0.628. The van der Waals surface area contributed by atoms with E-state index >= 15 is 0 Å². The fourth-order valence-electron chi connectivity index (χ4n) is 2.38. The molecular formula is C15H15ClFN3. The van der Waals surface area contributed by atoms with Gasteiger partial charge in [-0.1, -0.05) is 0 Å². The Labute approximate surface area is 122 Å². The van der Waals surface area contributed by atoms with Crippen LogP contribution in [-0.2, 0) is 0 Å². The topological polar surface area (TPSA) is 43.3 Å².